The van der Waals surface area contributed by atoms with Crippen LogP contribution in [-0.2, 0) is 11.3 Å². The van der Waals surface area contributed by atoms with Crippen LogP contribution < -0.4 is 15.4 Å². The van der Waals surface area contributed by atoms with Gasteiger partial charge in [0, 0.05) is 18.0 Å². The average molecular weight is 313 g/mol. The predicted octanol–water partition coefficient (Wildman–Crippen LogP) is 2.37. The van der Waals surface area contributed by atoms with Gasteiger partial charge >= 0.3 is 0 Å². The molecule has 21 heavy (non-hydrogen) atoms. The molecule has 1 amide bonds. The van der Waals surface area contributed by atoms with Crippen LogP contribution in [0.3, 0.4) is 0 Å². The first-order chi connectivity index (χ1) is 9.58. The Labute approximate surface area is 133 Å². The molecule has 2 N–H and O–H groups in total. The Morgan fingerprint density at radius 1 is 1.33 bits per heavy atom. The number of para-hydroxylation sites is 1. The summed E-state index contributed by atoms with van der Waals surface area (Å²) in [4.78, 5) is 12.1. The molecule has 1 atom stereocenters. The Balaban J connectivity index is 0.00000220. The zero-order chi connectivity index (χ0) is 14.5. The van der Waals surface area contributed by atoms with Crippen LogP contribution in [0.15, 0.2) is 24.3 Å². The highest BCUT2D eigenvalue weighted by Gasteiger charge is 2.28. The molecule has 0 saturated carbocycles. The van der Waals surface area contributed by atoms with Crippen molar-refractivity contribution in [1.82, 2.24) is 10.6 Å². The smallest absolute Gasteiger partial charge is 0.223 e. The van der Waals surface area contributed by atoms with Gasteiger partial charge in [0.05, 0.1) is 6.10 Å². The molecule has 1 aliphatic heterocycles. The second-order valence-electron chi connectivity index (χ2n) is 5.70. The van der Waals surface area contributed by atoms with Crippen LogP contribution in [0.4, 0.5) is 0 Å². The first kappa shape index (κ1) is 17.8. The molecule has 1 heterocycles. The topological polar surface area (TPSA) is 50.4 Å². The lowest BCUT2D eigenvalue weighted by molar-refractivity contribution is -0.126. The van der Waals surface area contributed by atoms with Gasteiger partial charge in [-0.3, -0.25) is 4.79 Å². The van der Waals surface area contributed by atoms with Crippen LogP contribution >= 0.6 is 12.4 Å². The number of benzene rings is 1. The van der Waals surface area contributed by atoms with Crippen molar-refractivity contribution in [1.29, 1.82) is 0 Å². The molecule has 0 radical (unpaired) electrons. The molecule has 118 valence electrons. The van der Waals surface area contributed by atoms with E-state index in [2.05, 4.69) is 10.6 Å². The number of halogens is 1. The molecule has 1 aliphatic rings. The minimum absolute atomic E-state index is 0. The van der Waals surface area contributed by atoms with Gasteiger partial charge in [0.1, 0.15) is 5.75 Å². The van der Waals surface area contributed by atoms with E-state index in [9.17, 15) is 4.79 Å². The summed E-state index contributed by atoms with van der Waals surface area (Å²) in [5, 5.41) is 6.22. The van der Waals surface area contributed by atoms with E-state index >= 15 is 0 Å². The second kappa shape index (κ2) is 8.25. The molecule has 2 rings (SSSR count). The summed E-state index contributed by atoms with van der Waals surface area (Å²) in [7, 11) is 0. The monoisotopic (exact) mass is 312 g/mol. The predicted molar refractivity (Wildman–Crippen MR) is 86.8 cm³/mol. The zero-order valence-electron chi connectivity index (χ0n) is 12.9. The Kier molecular flexibility index (Phi) is 6.99. The number of carbonyl (C=O) groups is 1. The van der Waals surface area contributed by atoms with Crippen LogP contribution in [0.5, 0.6) is 5.75 Å². The van der Waals surface area contributed by atoms with Gasteiger partial charge in [-0.15, -0.1) is 12.4 Å². The third-order valence-corrected chi connectivity index (χ3v) is 3.72. The summed E-state index contributed by atoms with van der Waals surface area (Å²) < 4.78 is 5.76. The number of hydrogen-bond donors (Lipinski definition) is 2. The maximum Gasteiger partial charge on any atom is 0.223 e. The highest BCUT2D eigenvalue weighted by molar-refractivity contribution is 5.85. The van der Waals surface area contributed by atoms with E-state index in [-0.39, 0.29) is 30.3 Å². The van der Waals surface area contributed by atoms with Crippen LogP contribution in [0.1, 0.15) is 26.3 Å². The fourth-order valence-corrected chi connectivity index (χ4v) is 2.24. The molecule has 1 unspecified atom stereocenters. The van der Waals surface area contributed by atoms with Crippen molar-refractivity contribution in [3.8, 4) is 5.75 Å². The average Bonchev–Trinajstić information content (AvgIpc) is 2.34. The molecule has 5 heteroatoms. The van der Waals surface area contributed by atoms with Crippen molar-refractivity contribution >= 4 is 18.3 Å². The van der Waals surface area contributed by atoms with Gasteiger partial charge in [0.25, 0.3) is 0 Å². The Morgan fingerprint density at radius 3 is 2.57 bits per heavy atom. The molecule has 0 aromatic heterocycles. The van der Waals surface area contributed by atoms with Gasteiger partial charge in [0.2, 0.25) is 5.91 Å². The maximum absolute atomic E-state index is 12.1. The van der Waals surface area contributed by atoms with E-state index in [1.807, 2.05) is 45.0 Å². The maximum atomic E-state index is 12.1. The second-order valence-corrected chi connectivity index (χ2v) is 5.70. The lowest BCUT2D eigenvalue weighted by atomic mass is 9.88. The van der Waals surface area contributed by atoms with Gasteiger partial charge in [0.15, 0.2) is 0 Å². The lowest BCUT2D eigenvalue weighted by Crippen LogP contribution is -2.49. The van der Waals surface area contributed by atoms with Crippen molar-refractivity contribution in [2.45, 2.75) is 33.4 Å². The number of rotatable bonds is 6. The summed E-state index contributed by atoms with van der Waals surface area (Å²) in [5.41, 5.74) is 1.02. The highest BCUT2D eigenvalue weighted by Crippen LogP contribution is 2.20. The summed E-state index contributed by atoms with van der Waals surface area (Å²) >= 11 is 0. The van der Waals surface area contributed by atoms with E-state index in [0.29, 0.717) is 12.5 Å². The van der Waals surface area contributed by atoms with Gasteiger partial charge in [-0.05, 0) is 38.9 Å². The molecular formula is C16H25ClN2O2. The largest absolute Gasteiger partial charge is 0.491 e. The van der Waals surface area contributed by atoms with Gasteiger partial charge in [-0.2, -0.15) is 0 Å². The van der Waals surface area contributed by atoms with Crippen LogP contribution in [0.2, 0.25) is 0 Å². The normalized spacial score (nSPS) is 15.8. The quantitative estimate of drug-likeness (QED) is 0.848. The number of ether oxygens (including phenoxy) is 1. The van der Waals surface area contributed by atoms with E-state index in [4.69, 9.17) is 4.74 Å². The summed E-state index contributed by atoms with van der Waals surface area (Å²) in [6.45, 7) is 8.41. The van der Waals surface area contributed by atoms with Crippen molar-refractivity contribution in [3.05, 3.63) is 29.8 Å². The van der Waals surface area contributed by atoms with E-state index in [0.717, 1.165) is 24.4 Å². The van der Waals surface area contributed by atoms with Crippen LogP contribution in [0, 0.1) is 11.8 Å². The fourth-order valence-electron chi connectivity index (χ4n) is 2.24. The van der Waals surface area contributed by atoms with Gasteiger partial charge < -0.3 is 15.4 Å². The Hall–Kier alpha value is -1.26. The van der Waals surface area contributed by atoms with Crippen molar-refractivity contribution in [2.75, 3.05) is 13.1 Å². The van der Waals surface area contributed by atoms with Crippen molar-refractivity contribution in [2.24, 2.45) is 11.8 Å². The molecule has 1 aromatic rings. The third-order valence-electron chi connectivity index (χ3n) is 3.72. The first-order valence-electron chi connectivity index (χ1n) is 7.31. The molecule has 0 aliphatic carbocycles. The number of nitrogens with one attached hydrogen (secondary N) is 2. The summed E-state index contributed by atoms with van der Waals surface area (Å²) in [5.74, 6) is 1.50. The van der Waals surface area contributed by atoms with Crippen molar-refractivity contribution in [3.63, 3.8) is 0 Å². The van der Waals surface area contributed by atoms with Gasteiger partial charge in [-0.25, -0.2) is 0 Å². The Bertz CT molecular complexity index is 461. The lowest BCUT2D eigenvalue weighted by Gasteiger charge is -2.31. The molecule has 0 spiro atoms. The molecular weight excluding hydrogens is 288 g/mol. The van der Waals surface area contributed by atoms with Gasteiger partial charge in [-0.1, -0.05) is 25.1 Å². The number of amides is 1. The molecule has 1 fully saturated rings. The number of hydrogen-bond acceptors (Lipinski definition) is 3. The van der Waals surface area contributed by atoms with Crippen LogP contribution in [-0.4, -0.2) is 25.1 Å². The third kappa shape index (κ3) is 4.90. The van der Waals surface area contributed by atoms with E-state index in [1.165, 1.54) is 0 Å². The minimum Gasteiger partial charge on any atom is -0.491 e. The fraction of sp³-hybridized carbons (Fsp3) is 0.562. The zero-order valence-corrected chi connectivity index (χ0v) is 13.7. The SMILES string of the molecule is CC(C)Oc1ccccc1CNC(=O)C(C)C1CNC1.Cl. The summed E-state index contributed by atoms with van der Waals surface area (Å²) in [6, 6.07) is 7.86. The number of carbonyl (C=O) groups excluding carboxylic acids is 1. The van der Waals surface area contributed by atoms with Crippen molar-refractivity contribution < 1.29 is 9.53 Å². The summed E-state index contributed by atoms with van der Waals surface area (Å²) in [6.07, 6.45) is 0.131. The van der Waals surface area contributed by atoms with E-state index < -0.39 is 0 Å². The molecule has 1 saturated heterocycles. The first-order valence-corrected chi connectivity index (χ1v) is 7.31. The molecule has 0 bridgehead atoms. The molecule has 1 aromatic carbocycles. The molecule has 4 nitrogen and oxygen atoms in total. The van der Waals surface area contributed by atoms with E-state index in [1.54, 1.807) is 0 Å². The highest BCUT2D eigenvalue weighted by atomic mass is 35.5. The minimum atomic E-state index is 0. The van der Waals surface area contributed by atoms with Crippen LogP contribution in [0.25, 0.3) is 0 Å². The standard InChI is InChI=1S/C16H24N2O2.ClH/c1-11(2)20-15-7-5-4-6-13(15)10-18-16(19)12(3)14-8-17-9-14;/h4-7,11-12,14,17H,8-10H2,1-3H3,(H,18,19);1H. The Morgan fingerprint density at radius 2 is 2.00 bits per heavy atom.